The second-order valence-electron chi connectivity index (χ2n) is 4.22. The van der Waals surface area contributed by atoms with E-state index in [-0.39, 0.29) is 16.1 Å². The molecule has 0 heterocycles. The second-order valence-corrected chi connectivity index (χ2v) is 4.60. The van der Waals surface area contributed by atoms with E-state index >= 15 is 0 Å². The quantitative estimate of drug-likeness (QED) is 0.904. The average molecular weight is 287 g/mol. The van der Waals surface area contributed by atoms with Crippen LogP contribution in [0.4, 0.5) is 0 Å². The number of halogens is 1. The van der Waals surface area contributed by atoms with Gasteiger partial charge in [0.05, 0.1) is 10.6 Å². The van der Waals surface area contributed by atoms with Crippen molar-refractivity contribution in [2.45, 2.75) is 5.60 Å². The Hall–Kier alpha value is -2.35. The maximum Gasteiger partial charge on any atom is 0.258 e. The van der Waals surface area contributed by atoms with Crippen molar-refractivity contribution < 1.29 is 9.90 Å². The molecule has 0 aliphatic heterocycles. The minimum atomic E-state index is -2.08. The van der Waals surface area contributed by atoms with Crippen molar-refractivity contribution in [3.63, 3.8) is 0 Å². The lowest BCUT2D eigenvalue weighted by Crippen LogP contribution is -2.42. The third-order valence-electron chi connectivity index (χ3n) is 3.06. The number of hydrogen-bond acceptors (Lipinski definition) is 3. The van der Waals surface area contributed by atoms with E-state index in [4.69, 9.17) is 22.6 Å². The molecule has 1 unspecified atom stereocenters. The van der Waals surface area contributed by atoms with Crippen LogP contribution in [0.5, 0.6) is 0 Å². The van der Waals surface area contributed by atoms with Crippen molar-refractivity contribution in [3.05, 3.63) is 70.2 Å². The molecule has 0 aromatic heterocycles. The Bertz CT molecular complexity index is 695. The Morgan fingerprint density at radius 2 is 1.85 bits per heavy atom. The number of hydrogen-bond donors (Lipinski definition) is 2. The monoisotopic (exact) mass is 286 g/mol. The number of aliphatic hydroxyl groups is 1. The molecule has 3 N–H and O–H groups in total. The molecule has 0 bridgehead atoms. The Labute approximate surface area is 121 Å². The zero-order valence-corrected chi connectivity index (χ0v) is 11.1. The van der Waals surface area contributed by atoms with Gasteiger partial charge in [-0.05, 0) is 11.6 Å². The summed E-state index contributed by atoms with van der Waals surface area (Å²) in [5, 5.41) is 19.8. The molecule has 20 heavy (non-hydrogen) atoms. The molecule has 0 aliphatic rings. The number of carbonyl (C=O) groups excluding carboxylic acids is 1. The molecule has 2 rings (SSSR count). The van der Waals surface area contributed by atoms with Crippen molar-refractivity contribution in [2.24, 2.45) is 5.73 Å². The molecule has 0 fully saturated rings. The van der Waals surface area contributed by atoms with Gasteiger partial charge in [-0.25, -0.2) is 0 Å². The van der Waals surface area contributed by atoms with Crippen LogP contribution in [0.15, 0.2) is 48.5 Å². The second kappa shape index (κ2) is 5.33. The fourth-order valence-corrected chi connectivity index (χ4v) is 2.31. The van der Waals surface area contributed by atoms with Gasteiger partial charge < -0.3 is 10.8 Å². The van der Waals surface area contributed by atoms with Gasteiger partial charge in [0.2, 0.25) is 0 Å². The molecule has 1 atom stereocenters. The standard InChI is InChI=1S/C15H11ClN2O2/c16-13-10(9-17)5-4-8-12(13)15(20,14(18)19)11-6-2-1-3-7-11/h1-8,20H,(H2,18,19). The zero-order valence-electron chi connectivity index (χ0n) is 10.4. The Kier molecular flexibility index (Phi) is 3.75. The van der Waals surface area contributed by atoms with Gasteiger partial charge in [0.25, 0.3) is 5.91 Å². The summed E-state index contributed by atoms with van der Waals surface area (Å²) in [6.45, 7) is 0. The molecular formula is C15H11ClN2O2. The van der Waals surface area contributed by atoms with Crippen molar-refractivity contribution in [3.8, 4) is 6.07 Å². The molecule has 4 nitrogen and oxygen atoms in total. The molecule has 1 amide bonds. The van der Waals surface area contributed by atoms with Crippen molar-refractivity contribution >= 4 is 17.5 Å². The first-order chi connectivity index (χ1) is 9.51. The van der Waals surface area contributed by atoms with E-state index in [0.29, 0.717) is 5.56 Å². The highest BCUT2D eigenvalue weighted by molar-refractivity contribution is 6.33. The summed E-state index contributed by atoms with van der Waals surface area (Å²) < 4.78 is 0. The van der Waals surface area contributed by atoms with Gasteiger partial charge in [-0.1, -0.05) is 54.1 Å². The highest BCUT2D eigenvalue weighted by Gasteiger charge is 2.40. The summed E-state index contributed by atoms with van der Waals surface area (Å²) in [5.74, 6) is -0.958. The number of carbonyl (C=O) groups is 1. The first-order valence-corrected chi connectivity index (χ1v) is 6.16. The maximum atomic E-state index is 11.8. The van der Waals surface area contributed by atoms with Crippen LogP contribution in [0.2, 0.25) is 5.02 Å². The number of nitriles is 1. The molecule has 0 aliphatic carbocycles. The topological polar surface area (TPSA) is 87.1 Å². The number of nitrogens with two attached hydrogens (primary N) is 1. The van der Waals surface area contributed by atoms with Gasteiger partial charge in [0, 0.05) is 5.56 Å². The SMILES string of the molecule is N#Cc1cccc(C(O)(C(N)=O)c2ccccc2)c1Cl. The lowest BCUT2D eigenvalue weighted by atomic mass is 9.85. The number of rotatable bonds is 3. The van der Waals surface area contributed by atoms with Crippen LogP contribution in [-0.4, -0.2) is 11.0 Å². The highest BCUT2D eigenvalue weighted by atomic mass is 35.5. The van der Waals surface area contributed by atoms with Crippen molar-refractivity contribution in [1.29, 1.82) is 5.26 Å². The Morgan fingerprint density at radius 1 is 1.20 bits per heavy atom. The Balaban J connectivity index is 2.74. The van der Waals surface area contributed by atoms with E-state index in [1.54, 1.807) is 30.3 Å². The molecule has 0 radical (unpaired) electrons. The van der Waals surface area contributed by atoms with Crippen LogP contribution in [0.1, 0.15) is 16.7 Å². The van der Waals surface area contributed by atoms with Gasteiger partial charge in [-0.3, -0.25) is 4.79 Å². The number of primary amides is 1. The lowest BCUT2D eigenvalue weighted by molar-refractivity contribution is -0.133. The summed E-state index contributed by atoms with van der Waals surface area (Å²) in [4.78, 5) is 11.8. The largest absolute Gasteiger partial charge is 0.372 e. The van der Waals surface area contributed by atoms with Crippen LogP contribution >= 0.6 is 11.6 Å². The highest BCUT2D eigenvalue weighted by Crippen LogP contribution is 2.35. The van der Waals surface area contributed by atoms with Crippen LogP contribution in [0, 0.1) is 11.3 Å². The van der Waals surface area contributed by atoms with E-state index in [9.17, 15) is 9.90 Å². The predicted molar refractivity (Wildman–Crippen MR) is 74.8 cm³/mol. The number of amides is 1. The van der Waals surface area contributed by atoms with E-state index in [0.717, 1.165) is 0 Å². The van der Waals surface area contributed by atoms with Crippen molar-refractivity contribution in [2.75, 3.05) is 0 Å². The van der Waals surface area contributed by atoms with Gasteiger partial charge in [0.15, 0.2) is 5.60 Å². The van der Waals surface area contributed by atoms with Gasteiger partial charge in [-0.2, -0.15) is 5.26 Å². The molecule has 2 aromatic rings. The van der Waals surface area contributed by atoms with Crippen molar-refractivity contribution in [1.82, 2.24) is 0 Å². The zero-order chi connectivity index (χ0) is 14.8. The van der Waals surface area contributed by atoms with E-state index in [1.807, 2.05) is 6.07 Å². The normalized spacial score (nSPS) is 13.2. The molecule has 0 saturated carbocycles. The van der Waals surface area contributed by atoms with Gasteiger partial charge in [-0.15, -0.1) is 0 Å². The third kappa shape index (κ3) is 2.14. The average Bonchev–Trinajstić information content (AvgIpc) is 2.47. The molecule has 0 spiro atoms. The fourth-order valence-electron chi connectivity index (χ4n) is 2.01. The van der Waals surface area contributed by atoms with Crippen LogP contribution in [-0.2, 0) is 10.4 Å². The summed E-state index contributed by atoms with van der Waals surface area (Å²) >= 11 is 6.10. The van der Waals surface area contributed by atoms with E-state index in [1.165, 1.54) is 18.2 Å². The first-order valence-electron chi connectivity index (χ1n) is 5.78. The fraction of sp³-hybridized carbons (Fsp3) is 0.0667. The molecule has 5 heteroatoms. The lowest BCUT2D eigenvalue weighted by Gasteiger charge is -2.26. The minimum Gasteiger partial charge on any atom is -0.372 e. The summed E-state index contributed by atoms with van der Waals surface area (Å²) in [5.41, 5.74) is 3.84. The third-order valence-corrected chi connectivity index (χ3v) is 3.46. The molecular weight excluding hydrogens is 276 g/mol. The predicted octanol–water partition coefficient (Wildman–Crippen LogP) is 1.93. The van der Waals surface area contributed by atoms with Gasteiger partial charge in [0.1, 0.15) is 6.07 Å². The Morgan fingerprint density at radius 3 is 2.40 bits per heavy atom. The molecule has 2 aromatic carbocycles. The number of benzene rings is 2. The van der Waals surface area contributed by atoms with Crippen LogP contribution < -0.4 is 5.73 Å². The number of nitrogens with zero attached hydrogens (tertiary/aromatic N) is 1. The first kappa shape index (κ1) is 14.1. The minimum absolute atomic E-state index is 0.0140. The molecule has 100 valence electrons. The summed E-state index contributed by atoms with van der Waals surface area (Å²) in [6.07, 6.45) is 0. The van der Waals surface area contributed by atoms with Crippen LogP contribution in [0.3, 0.4) is 0 Å². The smallest absolute Gasteiger partial charge is 0.258 e. The summed E-state index contributed by atoms with van der Waals surface area (Å²) in [7, 11) is 0. The van der Waals surface area contributed by atoms with Crippen LogP contribution in [0.25, 0.3) is 0 Å². The molecule has 0 saturated heterocycles. The maximum absolute atomic E-state index is 11.8. The summed E-state index contributed by atoms with van der Waals surface area (Å²) in [6, 6.07) is 14.6. The van der Waals surface area contributed by atoms with E-state index < -0.39 is 11.5 Å². The van der Waals surface area contributed by atoms with Gasteiger partial charge >= 0.3 is 0 Å². The van der Waals surface area contributed by atoms with E-state index in [2.05, 4.69) is 0 Å².